The fourth-order valence-electron chi connectivity index (χ4n) is 2.96. The molecular formula is C19H18FN3O4. The number of carboxylic acid groups (broad SMARTS) is 1. The Bertz CT molecular complexity index is 890. The number of aromatic carboxylic acids is 1. The number of anilines is 1. The molecular weight excluding hydrogens is 353 g/mol. The van der Waals surface area contributed by atoms with Crippen molar-refractivity contribution in [2.24, 2.45) is 0 Å². The Morgan fingerprint density at radius 1 is 1.04 bits per heavy atom. The van der Waals surface area contributed by atoms with Gasteiger partial charge >= 0.3 is 5.97 Å². The molecule has 1 fully saturated rings. The van der Waals surface area contributed by atoms with Crippen molar-refractivity contribution in [3.8, 4) is 0 Å². The van der Waals surface area contributed by atoms with E-state index in [0.29, 0.717) is 43.0 Å². The molecule has 3 rings (SSSR count). The summed E-state index contributed by atoms with van der Waals surface area (Å²) in [6.07, 6.45) is 1.25. The van der Waals surface area contributed by atoms with Crippen LogP contribution in [-0.2, 0) is 0 Å². The maximum absolute atomic E-state index is 14.3. The van der Waals surface area contributed by atoms with Gasteiger partial charge in [0, 0.05) is 37.9 Å². The highest BCUT2D eigenvalue weighted by Gasteiger charge is 2.24. The molecule has 2 heterocycles. The lowest BCUT2D eigenvalue weighted by Gasteiger charge is -2.36. The molecule has 1 aromatic carbocycles. The van der Waals surface area contributed by atoms with E-state index in [1.54, 1.807) is 17.0 Å². The molecule has 8 heteroatoms. The number of carbonyl (C=O) groups excluding carboxylic acids is 2. The number of benzene rings is 1. The first-order valence-electron chi connectivity index (χ1n) is 8.41. The number of Topliss-reactive ketones (excluding diaryl/α,β-unsaturated/α-hetero) is 1. The first-order chi connectivity index (χ1) is 12.9. The van der Waals surface area contributed by atoms with Gasteiger partial charge < -0.3 is 14.9 Å². The lowest BCUT2D eigenvalue weighted by Crippen LogP contribution is -2.49. The molecule has 0 spiro atoms. The Morgan fingerprint density at radius 3 is 2.22 bits per heavy atom. The van der Waals surface area contributed by atoms with E-state index >= 15 is 0 Å². The smallest absolute Gasteiger partial charge is 0.354 e. The number of ketones is 1. The quantitative estimate of drug-likeness (QED) is 0.828. The first kappa shape index (κ1) is 18.5. The van der Waals surface area contributed by atoms with E-state index < -0.39 is 11.8 Å². The SMILES string of the molecule is CC(=O)c1ccc(N2CCN(C(=O)c3ccc(C(=O)O)nc3)CC2)c(F)c1. The molecule has 140 valence electrons. The Balaban J connectivity index is 1.65. The van der Waals surface area contributed by atoms with Gasteiger partial charge in [0.15, 0.2) is 5.78 Å². The second-order valence-electron chi connectivity index (χ2n) is 6.24. The summed E-state index contributed by atoms with van der Waals surface area (Å²) in [5.41, 5.74) is 0.910. The number of halogens is 1. The largest absolute Gasteiger partial charge is 0.477 e. The van der Waals surface area contributed by atoms with Crippen molar-refractivity contribution in [1.82, 2.24) is 9.88 Å². The van der Waals surface area contributed by atoms with Crippen LogP contribution in [0.25, 0.3) is 0 Å². The number of nitrogens with zero attached hydrogens (tertiary/aromatic N) is 3. The van der Waals surface area contributed by atoms with Crippen LogP contribution in [0.5, 0.6) is 0 Å². The minimum atomic E-state index is -1.15. The number of rotatable bonds is 4. The third-order valence-corrected chi connectivity index (χ3v) is 4.49. The Morgan fingerprint density at radius 2 is 1.70 bits per heavy atom. The normalized spacial score (nSPS) is 14.1. The van der Waals surface area contributed by atoms with Crippen LogP contribution in [0.1, 0.15) is 38.1 Å². The molecule has 0 unspecified atom stereocenters. The predicted molar refractivity (Wildman–Crippen MR) is 95.7 cm³/mol. The van der Waals surface area contributed by atoms with Gasteiger partial charge in [0.2, 0.25) is 0 Å². The maximum Gasteiger partial charge on any atom is 0.354 e. The summed E-state index contributed by atoms with van der Waals surface area (Å²) in [7, 11) is 0. The van der Waals surface area contributed by atoms with Gasteiger partial charge in [-0.05, 0) is 37.3 Å². The molecule has 1 N–H and O–H groups in total. The monoisotopic (exact) mass is 371 g/mol. The van der Waals surface area contributed by atoms with Gasteiger partial charge in [0.05, 0.1) is 11.3 Å². The minimum absolute atomic E-state index is 0.124. The van der Waals surface area contributed by atoms with Gasteiger partial charge in [-0.3, -0.25) is 9.59 Å². The third-order valence-electron chi connectivity index (χ3n) is 4.49. The number of piperazine rings is 1. The zero-order chi connectivity index (χ0) is 19.6. The van der Waals surface area contributed by atoms with Crippen molar-refractivity contribution in [3.63, 3.8) is 0 Å². The van der Waals surface area contributed by atoms with Crippen molar-refractivity contribution < 1.29 is 23.9 Å². The fraction of sp³-hybridized carbons (Fsp3) is 0.263. The number of carbonyl (C=O) groups is 3. The molecule has 2 aromatic rings. The Labute approximate surface area is 155 Å². The van der Waals surface area contributed by atoms with E-state index in [0.717, 1.165) is 0 Å². The topological polar surface area (TPSA) is 90.8 Å². The summed E-state index contributed by atoms with van der Waals surface area (Å²) in [5, 5.41) is 8.86. The van der Waals surface area contributed by atoms with E-state index in [2.05, 4.69) is 4.98 Å². The number of hydrogen-bond acceptors (Lipinski definition) is 5. The zero-order valence-corrected chi connectivity index (χ0v) is 14.7. The van der Waals surface area contributed by atoms with Gasteiger partial charge in [0.25, 0.3) is 5.91 Å². The van der Waals surface area contributed by atoms with E-state index in [-0.39, 0.29) is 17.4 Å². The van der Waals surface area contributed by atoms with Crippen molar-refractivity contribution in [2.75, 3.05) is 31.1 Å². The second kappa shape index (κ2) is 7.53. The van der Waals surface area contributed by atoms with Gasteiger partial charge in [-0.15, -0.1) is 0 Å². The predicted octanol–water partition coefficient (Wildman–Crippen LogP) is 2.08. The Kier molecular flexibility index (Phi) is 5.16. The summed E-state index contributed by atoms with van der Waals surface area (Å²) in [4.78, 5) is 41.9. The first-order valence-corrected chi connectivity index (χ1v) is 8.41. The molecule has 1 aliphatic heterocycles. The molecule has 0 radical (unpaired) electrons. The molecule has 1 amide bonds. The van der Waals surface area contributed by atoms with Gasteiger partial charge in [-0.2, -0.15) is 0 Å². The van der Waals surface area contributed by atoms with Gasteiger partial charge in [-0.1, -0.05) is 0 Å². The molecule has 0 aliphatic carbocycles. The molecule has 1 aliphatic rings. The number of pyridine rings is 1. The lowest BCUT2D eigenvalue weighted by molar-refractivity contribution is 0.0686. The van der Waals surface area contributed by atoms with Crippen LogP contribution < -0.4 is 4.90 Å². The molecule has 0 bridgehead atoms. The van der Waals surface area contributed by atoms with Crippen LogP contribution in [0.4, 0.5) is 10.1 Å². The van der Waals surface area contributed by atoms with E-state index in [1.807, 2.05) is 4.90 Å². The molecule has 7 nitrogen and oxygen atoms in total. The van der Waals surface area contributed by atoms with Crippen molar-refractivity contribution in [1.29, 1.82) is 0 Å². The van der Waals surface area contributed by atoms with Crippen molar-refractivity contribution >= 4 is 23.3 Å². The van der Waals surface area contributed by atoms with E-state index in [9.17, 15) is 18.8 Å². The standard InChI is InChI=1S/C19H18FN3O4/c1-12(24)13-3-5-17(15(20)10-13)22-6-8-23(9-7-22)18(25)14-2-4-16(19(26)27)21-11-14/h2-5,10-11H,6-9H2,1H3,(H,26,27). The minimum Gasteiger partial charge on any atom is -0.477 e. The number of amides is 1. The molecule has 27 heavy (non-hydrogen) atoms. The average molecular weight is 371 g/mol. The van der Waals surface area contributed by atoms with Crippen LogP contribution in [0.3, 0.4) is 0 Å². The molecule has 1 aromatic heterocycles. The second-order valence-corrected chi connectivity index (χ2v) is 6.24. The van der Waals surface area contributed by atoms with Crippen LogP contribution >= 0.6 is 0 Å². The fourth-order valence-corrected chi connectivity index (χ4v) is 2.96. The van der Waals surface area contributed by atoms with E-state index in [4.69, 9.17) is 5.11 Å². The highest BCUT2D eigenvalue weighted by molar-refractivity contribution is 5.95. The number of carboxylic acids is 1. The van der Waals surface area contributed by atoms with Crippen molar-refractivity contribution in [3.05, 3.63) is 59.2 Å². The van der Waals surface area contributed by atoms with Crippen molar-refractivity contribution in [2.45, 2.75) is 6.92 Å². The average Bonchev–Trinajstić information content (AvgIpc) is 2.67. The van der Waals surface area contributed by atoms with E-state index in [1.165, 1.54) is 31.3 Å². The number of hydrogen-bond donors (Lipinski definition) is 1. The molecule has 1 saturated heterocycles. The summed E-state index contributed by atoms with van der Waals surface area (Å²) >= 11 is 0. The van der Waals surface area contributed by atoms with Crippen LogP contribution in [-0.4, -0.2) is 58.8 Å². The highest BCUT2D eigenvalue weighted by atomic mass is 19.1. The van der Waals surface area contributed by atoms with Crippen LogP contribution in [0.2, 0.25) is 0 Å². The lowest BCUT2D eigenvalue weighted by atomic mass is 10.1. The van der Waals surface area contributed by atoms with Crippen LogP contribution in [0, 0.1) is 5.82 Å². The Hall–Kier alpha value is -3.29. The summed E-state index contributed by atoms with van der Waals surface area (Å²) < 4.78 is 14.3. The zero-order valence-electron chi connectivity index (χ0n) is 14.7. The number of aromatic nitrogens is 1. The van der Waals surface area contributed by atoms with Gasteiger partial charge in [-0.25, -0.2) is 14.2 Å². The highest BCUT2D eigenvalue weighted by Crippen LogP contribution is 2.22. The van der Waals surface area contributed by atoms with Crippen LogP contribution in [0.15, 0.2) is 36.5 Å². The molecule has 0 saturated carbocycles. The van der Waals surface area contributed by atoms with Gasteiger partial charge in [0.1, 0.15) is 11.5 Å². The maximum atomic E-state index is 14.3. The summed E-state index contributed by atoms with van der Waals surface area (Å²) in [6.45, 7) is 3.07. The summed E-state index contributed by atoms with van der Waals surface area (Å²) in [5.74, 6) is -2.05. The third kappa shape index (κ3) is 3.94. The molecule has 0 atom stereocenters. The summed E-state index contributed by atoms with van der Waals surface area (Å²) in [6, 6.07) is 7.12.